The van der Waals surface area contributed by atoms with Crippen LogP contribution in [0.2, 0.25) is 0 Å². The van der Waals surface area contributed by atoms with E-state index in [2.05, 4.69) is 33.5 Å². The summed E-state index contributed by atoms with van der Waals surface area (Å²) in [6, 6.07) is 26.1. The number of hydrogen-bond donors (Lipinski definition) is 0. The lowest BCUT2D eigenvalue weighted by atomic mass is 10.1. The van der Waals surface area contributed by atoms with E-state index in [1.807, 2.05) is 73.1 Å². The van der Waals surface area contributed by atoms with Crippen LogP contribution in [-0.2, 0) is 0 Å². The van der Waals surface area contributed by atoms with Crippen molar-refractivity contribution in [2.45, 2.75) is 0 Å². The molecule has 23 heavy (non-hydrogen) atoms. The molecule has 3 heteroatoms. The van der Waals surface area contributed by atoms with Gasteiger partial charge in [-0.2, -0.15) is 0 Å². The average molecular weight is 316 g/mol. The fourth-order valence-electron chi connectivity index (χ4n) is 2.08. The molecule has 2 nitrogen and oxygen atoms in total. The normalized spacial score (nSPS) is 9.74. The predicted octanol–water partition coefficient (Wildman–Crippen LogP) is 5.56. The van der Waals surface area contributed by atoms with Crippen molar-refractivity contribution in [2.24, 2.45) is 0 Å². The van der Waals surface area contributed by atoms with Gasteiger partial charge in [0.25, 0.3) is 0 Å². The van der Waals surface area contributed by atoms with Crippen molar-refractivity contribution in [2.75, 3.05) is 0 Å². The van der Waals surface area contributed by atoms with Crippen molar-refractivity contribution in [3.05, 3.63) is 96.6 Å². The predicted molar refractivity (Wildman–Crippen MR) is 97.2 cm³/mol. The van der Waals surface area contributed by atoms with E-state index in [4.69, 9.17) is 0 Å². The summed E-state index contributed by atoms with van der Waals surface area (Å²) in [6.07, 6.45) is 3.62. The molecule has 1 aromatic carbocycles. The molecule has 0 N–H and O–H groups in total. The number of pyridine rings is 2. The molecule has 0 saturated carbocycles. The van der Waals surface area contributed by atoms with E-state index in [9.17, 15) is 0 Å². The molecule has 4 rings (SSSR count). The topological polar surface area (TPSA) is 25.8 Å². The first kappa shape index (κ1) is 15.1. The van der Waals surface area contributed by atoms with Gasteiger partial charge in [-0.15, -0.1) is 11.3 Å². The minimum atomic E-state index is 1.03. The molecule has 0 aliphatic carbocycles. The third-order valence-corrected chi connectivity index (χ3v) is 4.07. The number of rotatable bonds is 2. The van der Waals surface area contributed by atoms with Gasteiger partial charge in [0.05, 0.1) is 16.3 Å². The maximum atomic E-state index is 4.25. The Hall–Kier alpha value is -2.78. The molecular formula is C20H16N2S. The van der Waals surface area contributed by atoms with Gasteiger partial charge in [0.15, 0.2) is 0 Å². The molecule has 3 aromatic heterocycles. The Labute approximate surface area is 140 Å². The van der Waals surface area contributed by atoms with Crippen LogP contribution in [0.3, 0.4) is 0 Å². The third kappa shape index (κ3) is 4.34. The number of aromatic nitrogens is 2. The molecule has 0 aliphatic rings. The summed E-state index contributed by atoms with van der Waals surface area (Å²) in [7, 11) is 0. The summed E-state index contributed by atoms with van der Waals surface area (Å²) in [5.41, 5.74) is 3.25. The number of hydrogen-bond acceptors (Lipinski definition) is 3. The molecular weight excluding hydrogens is 300 g/mol. The van der Waals surface area contributed by atoms with Crippen molar-refractivity contribution in [3.8, 4) is 21.8 Å². The van der Waals surface area contributed by atoms with Gasteiger partial charge in [-0.1, -0.05) is 48.5 Å². The maximum Gasteiger partial charge on any atom is 0.0801 e. The molecule has 0 fully saturated rings. The van der Waals surface area contributed by atoms with Crippen LogP contribution in [0.25, 0.3) is 21.8 Å². The fourth-order valence-corrected chi connectivity index (χ4v) is 2.78. The highest BCUT2D eigenvalue weighted by atomic mass is 32.1. The van der Waals surface area contributed by atoms with Crippen LogP contribution in [0.5, 0.6) is 0 Å². The second kappa shape index (κ2) is 8.01. The van der Waals surface area contributed by atoms with Crippen molar-refractivity contribution < 1.29 is 0 Å². The van der Waals surface area contributed by atoms with Crippen molar-refractivity contribution in [1.29, 1.82) is 0 Å². The van der Waals surface area contributed by atoms with Gasteiger partial charge >= 0.3 is 0 Å². The van der Waals surface area contributed by atoms with Gasteiger partial charge in [0.1, 0.15) is 0 Å². The molecule has 0 radical (unpaired) electrons. The van der Waals surface area contributed by atoms with Crippen LogP contribution in [0.15, 0.2) is 96.6 Å². The smallest absolute Gasteiger partial charge is 0.0801 e. The second-order valence-corrected chi connectivity index (χ2v) is 5.72. The number of benzene rings is 1. The molecule has 3 heterocycles. The lowest BCUT2D eigenvalue weighted by Crippen LogP contribution is -1.79. The molecule has 4 aromatic rings. The van der Waals surface area contributed by atoms with Crippen LogP contribution < -0.4 is 0 Å². The van der Waals surface area contributed by atoms with Gasteiger partial charge in [-0.05, 0) is 35.7 Å². The van der Waals surface area contributed by atoms with Crippen molar-refractivity contribution in [1.82, 2.24) is 9.97 Å². The number of thiophene rings is 1. The van der Waals surface area contributed by atoms with Gasteiger partial charge in [0.2, 0.25) is 0 Å². The highest BCUT2D eigenvalue weighted by Gasteiger charge is 1.96. The minimum absolute atomic E-state index is 1.03. The Morgan fingerprint density at radius 2 is 1.22 bits per heavy atom. The van der Waals surface area contributed by atoms with Gasteiger partial charge in [-0.3, -0.25) is 9.97 Å². The van der Waals surface area contributed by atoms with Gasteiger partial charge in [0, 0.05) is 18.0 Å². The zero-order valence-electron chi connectivity index (χ0n) is 12.5. The van der Waals surface area contributed by atoms with Crippen LogP contribution in [0.4, 0.5) is 0 Å². The Bertz CT molecular complexity index is 761. The van der Waals surface area contributed by atoms with E-state index in [1.54, 1.807) is 11.3 Å². The Kier molecular flexibility index (Phi) is 5.27. The SMILES string of the molecule is c1ccc(-c2ccccn2)cc1.c1ccc(-c2cccs2)nc1. The number of nitrogens with zero attached hydrogens (tertiary/aromatic N) is 2. The monoisotopic (exact) mass is 316 g/mol. The average Bonchev–Trinajstić information content (AvgIpc) is 3.19. The first-order chi connectivity index (χ1) is 11.4. The lowest BCUT2D eigenvalue weighted by Gasteiger charge is -1.97. The van der Waals surface area contributed by atoms with E-state index < -0.39 is 0 Å². The zero-order chi connectivity index (χ0) is 15.7. The first-order valence-corrected chi connectivity index (χ1v) is 8.23. The van der Waals surface area contributed by atoms with Crippen molar-refractivity contribution >= 4 is 11.3 Å². The summed E-state index contributed by atoms with van der Waals surface area (Å²) in [5.74, 6) is 0. The summed E-state index contributed by atoms with van der Waals surface area (Å²) in [5, 5.41) is 2.06. The zero-order valence-corrected chi connectivity index (χ0v) is 13.4. The largest absolute Gasteiger partial charge is 0.256 e. The van der Waals surface area contributed by atoms with Crippen molar-refractivity contribution in [3.63, 3.8) is 0 Å². The fraction of sp³-hybridized carbons (Fsp3) is 0. The summed E-state index contributed by atoms with van der Waals surface area (Å²) in [6.45, 7) is 0. The Morgan fingerprint density at radius 3 is 1.78 bits per heavy atom. The minimum Gasteiger partial charge on any atom is -0.256 e. The molecule has 112 valence electrons. The molecule has 0 amide bonds. The molecule has 0 saturated heterocycles. The highest BCUT2D eigenvalue weighted by Crippen LogP contribution is 2.21. The standard InChI is InChI=1S/C11H9N.C9H7NS/c1-2-6-10(7-3-1)11-8-4-5-9-12-11;1-2-6-10-8(4-1)9-5-3-7-11-9/h1-9H;1-7H. The summed E-state index contributed by atoms with van der Waals surface area (Å²) >= 11 is 1.71. The van der Waals surface area contributed by atoms with Crippen LogP contribution >= 0.6 is 11.3 Å². The van der Waals surface area contributed by atoms with Crippen LogP contribution in [-0.4, -0.2) is 9.97 Å². The van der Waals surface area contributed by atoms with E-state index in [-0.39, 0.29) is 0 Å². The van der Waals surface area contributed by atoms with Crippen LogP contribution in [0, 0.1) is 0 Å². The lowest BCUT2D eigenvalue weighted by molar-refractivity contribution is 1.33. The van der Waals surface area contributed by atoms with E-state index in [0.29, 0.717) is 0 Å². The summed E-state index contributed by atoms with van der Waals surface area (Å²) in [4.78, 5) is 9.71. The third-order valence-electron chi connectivity index (χ3n) is 3.17. The molecule has 0 spiro atoms. The molecule has 0 unspecified atom stereocenters. The van der Waals surface area contributed by atoms with E-state index in [1.165, 1.54) is 4.88 Å². The Balaban J connectivity index is 0.000000136. The second-order valence-electron chi connectivity index (χ2n) is 4.77. The molecule has 0 bridgehead atoms. The Morgan fingerprint density at radius 1 is 0.565 bits per heavy atom. The first-order valence-electron chi connectivity index (χ1n) is 7.35. The van der Waals surface area contributed by atoms with E-state index >= 15 is 0 Å². The summed E-state index contributed by atoms with van der Waals surface area (Å²) < 4.78 is 0. The highest BCUT2D eigenvalue weighted by molar-refractivity contribution is 7.13. The maximum absolute atomic E-state index is 4.25. The van der Waals surface area contributed by atoms with Crippen LogP contribution in [0.1, 0.15) is 0 Å². The molecule has 0 aliphatic heterocycles. The van der Waals surface area contributed by atoms with Gasteiger partial charge < -0.3 is 0 Å². The molecule has 0 atom stereocenters. The quantitative estimate of drug-likeness (QED) is 0.484. The van der Waals surface area contributed by atoms with E-state index in [0.717, 1.165) is 17.0 Å². The van der Waals surface area contributed by atoms with Gasteiger partial charge in [-0.25, -0.2) is 0 Å².